The Morgan fingerprint density at radius 2 is 2.04 bits per heavy atom. The number of carboxylic acid groups (broad SMARTS) is 1. The van der Waals surface area contributed by atoms with Gasteiger partial charge in [0.15, 0.2) is 0 Å². The molecule has 0 heterocycles. The van der Waals surface area contributed by atoms with Crippen molar-refractivity contribution in [1.82, 2.24) is 0 Å². The van der Waals surface area contributed by atoms with Crippen molar-refractivity contribution in [3.05, 3.63) is 29.6 Å². The van der Waals surface area contributed by atoms with Gasteiger partial charge in [0.25, 0.3) is 5.91 Å². The lowest BCUT2D eigenvalue weighted by molar-refractivity contribution is -0.132. The number of aromatic carboxylic acids is 1. The first-order valence-corrected chi connectivity index (χ1v) is 8.00. The molecule has 1 fully saturated rings. The molecule has 1 aliphatic carbocycles. The third-order valence-electron chi connectivity index (χ3n) is 4.04. The monoisotopic (exact) mass is 323 g/mol. The number of halogens is 1. The van der Waals surface area contributed by atoms with Crippen molar-refractivity contribution < 1.29 is 23.8 Å². The molecule has 6 heteroatoms. The second kappa shape index (κ2) is 8.06. The van der Waals surface area contributed by atoms with Gasteiger partial charge in [-0.2, -0.15) is 0 Å². The molecule has 0 bridgehead atoms. The Labute approximate surface area is 134 Å². The number of carboxylic acids is 1. The van der Waals surface area contributed by atoms with Gasteiger partial charge in [-0.05, 0) is 37.5 Å². The smallest absolute Gasteiger partial charge is 0.335 e. The van der Waals surface area contributed by atoms with Crippen LogP contribution >= 0.6 is 0 Å². The van der Waals surface area contributed by atoms with Crippen LogP contribution in [0.2, 0.25) is 0 Å². The van der Waals surface area contributed by atoms with Crippen LogP contribution in [0.4, 0.5) is 10.1 Å². The Bertz CT molecular complexity index is 570. The highest BCUT2D eigenvalue weighted by molar-refractivity contribution is 5.96. The first kappa shape index (κ1) is 17.4. The van der Waals surface area contributed by atoms with Crippen LogP contribution in [-0.4, -0.2) is 29.2 Å². The molecule has 1 unspecified atom stereocenters. The van der Waals surface area contributed by atoms with Gasteiger partial charge < -0.3 is 15.2 Å². The van der Waals surface area contributed by atoms with Crippen molar-refractivity contribution in [2.24, 2.45) is 0 Å². The van der Waals surface area contributed by atoms with Gasteiger partial charge in [0.05, 0.1) is 17.4 Å². The van der Waals surface area contributed by atoms with E-state index in [2.05, 4.69) is 5.32 Å². The number of carbonyl (C=O) groups excluding carboxylic acids is 1. The van der Waals surface area contributed by atoms with E-state index in [1.807, 2.05) is 6.92 Å². The third kappa shape index (κ3) is 4.76. The lowest BCUT2D eigenvalue weighted by Gasteiger charge is -2.26. The van der Waals surface area contributed by atoms with Crippen LogP contribution in [0, 0.1) is 5.82 Å². The van der Waals surface area contributed by atoms with Gasteiger partial charge >= 0.3 is 5.97 Å². The first-order valence-electron chi connectivity index (χ1n) is 8.00. The van der Waals surface area contributed by atoms with Gasteiger partial charge in [0.2, 0.25) is 0 Å². The van der Waals surface area contributed by atoms with Gasteiger partial charge in [-0.3, -0.25) is 4.79 Å². The molecule has 1 aliphatic rings. The second-order valence-corrected chi connectivity index (χ2v) is 5.78. The molecule has 1 saturated carbocycles. The molecule has 1 amide bonds. The SMILES string of the molecule is CCC(OC1CCCCC1)C(=O)Nc1cc(C(=O)O)ccc1F. The minimum absolute atomic E-state index is 0.0645. The minimum atomic E-state index is -1.18. The van der Waals surface area contributed by atoms with Gasteiger partial charge in [0.1, 0.15) is 11.9 Å². The van der Waals surface area contributed by atoms with Crippen molar-refractivity contribution in [3.63, 3.8) is 0 Å². The summed E-state index contributed by atoms with van der Waals surface area (Å²) >= 11 is 0. The van der Waals surface area contributed by atoms with Crippen LogP contribution in [-0.2, 0) is 9.53 Å². The maximum Gasteiger partial charge on any atom is 0.335 e. The first-order chi connectivity index (χ1) is 11.0. The summed E-state index contributed by atoms with van der Waals surface area (Å²) in [5, 5.41) is 11.4. The Balaban J connectivity index is 2.03. The van der Waals surface area contributed by atoms with Crippen LogP contribution in [0.1, 0.15) is 55.8 Å². The zero-order valence-electron chi connectivity index (χ0n) is 13.2. The summed E-state index contributed by atoms with van der Waals surface area (Å²) < 4.78 is 19.6. The van der Waals surface area contributed by atoms with Crippen molar-refractivity contribution in [2.45, 2.75) is 57.7 Å². The van der Waals surface area contributed by atoms with E-state index < -0.39 is 23.8 Å². The highest BCUT2D eigenvalue weighted by Crippen LogP contribution is 2.23. The topological polar surface area (TPSA) is 75.6 Å². The van der Waals surface area contributed by atoms with Crippen molar-refractivity contribution in [3.8, 4) is 0 Å². The molecule has 5 nitrogen and oxygen atoms in total. The standard InChI is InChI=1S/C17H22FNO4/c1-2-15(23-12-6-4-3-5-7-12)16(20)19-14-10-11(17(21)22)8-9-13(14)18/h8-10,12,15H,2-7H2,1H3,(H,19,20)(H,21,22). The highest BCUT2D eigenvalue weighted by Gasteiger charge is 2.24. The van der Waals surface area contributed by atoms with E-state index in [1.165, 1.54) is 6.42 Å². The largest absolute Gasteiger partial charge is 0.478 e. The summed E-state index contributed by atoms with van der Waals surface area (Å²) in [6.45, 7) is 1.83. The van der Waals surface area contributed by atoms with Crippen molar-refractivity contribution in [1.29, 1.82) is 0 Å². The molecule has 0 spiro atoms. The molecule has 1 aromatic carbocycles. The molecule has 2 N–H and O–H groups in total. The van der Waals surface area contributed by atoms with E-state index in [0.717, 1.165) is 43.9 Å². The summed E-state index contributed by atoms with van der Waals surface area (Å²) in [4.78, 5) is 23.2. The Hall–Kier alpha value is -1.95. The van der Waals surface area contributed by atoms with E-state index in [4.69, 9.17) is 9.84 Å². The summed E-state index contributed by atoms with van der Waals surface area (Å²) in [6.07, 6.45) is 5.13. The number of carbonyl (C=O) groups is 2. The molecule has 0 aliphatic heterocycles. The fraction of sp³-hybridized carbons (Fsp3) is 0.529. The third-order valence-corrected chi connectivity index (χ3v) is 4.04. The number of hydrogen-bond donors (Lipinski definition) is 2. The average Bonchev–Trinajstić information content (AvgIpc) is 2.55. The normalized spacial score (nSPS) is 16.8. The van der Waals surface area contributed by atoms with Crippen LogP contribution in [0.3, 0.4) is 0 Å². The molecule has 23 heavy (non-hydrogen) atoms. The number of rotatable bonds is 6. The van der Waals surface area contributed by atoms with Gasteiger partial charge in [-0.1, -0.05) is 26.2 Å². The lowest BCUT2D eigenvalue weighted by Crippen LogP contribution is -2.34. The predicted molar refractivity (Wildman–Crippen MR) is 84.0 cm³/mol. The van der Waals surface area contributed by atoms with E-state index in [0.29, 0.717) is 6.42 Å². The quantitative estimate of drug-likeness (QED) is 0.839. The highest BCUT2D eigenvalue weighted by atomic mass is 19.1. The Morgan fingerprint density at radius 3 is 2.65 bits per heavy atom. The minimum Gasteiger partial charge on any atom is -0.478 e. The number of benzene rings is 1. The van der Waals surface area contributed by atoms with Gasteiger partial charge in [-0.15, -0.1) is 0 Å². The van der Waals surface area contributed by atoms with Crippen molar-refractivity contribution >= 4 is 17.6 Å². The summed E-state index contributed by atoms with van der Waals surface area (Å²) in [5.41, 5.74) is -0.219. The fourth-order valence-electron chi connectivity index (χ4n) is 2.74. The fourth-order valence-corrected chi connectivity index (χ4v) is 2.74. The molecule has 126 valence electrons. The lowest BCUT2D eigenvalue weighted by atomic mass is 9.97. The van der Waals surface area contributed by atoms with Crippen LogP contribution in [0.5, 0.6) is 0 Å². The Kier molecular flexibility index (Phi) is 6.10. The number of nitrogens with one attached hydrogen (secondary N) is 1. The summed E-state index contributed by atoms with van der Waals surface area (Å²) in [7, 11) is 0. The molecular weight excluding hydrogens is 301 g/mol. The molecule has 2 rings (SSSR count). The summed E-state index contributed by atoms with van der Waals surface area (Å²) in [5.74, 6) is -2.29. The maximum atomic E-state index is 13.8. The number of hydrogen-bond acceptors (Lipinski definition) is 3. The van der Waals surface area contributed by atoms with Crippen LogP contribution in [0.15, 0.2) is 18.2 Å². The summed E-state index contributed by atoms with van der Waals surface area (Å²) in [6, 6.07) is 3.30. The van der Waals surface area contributed by atoms with Crippen LogP contribution < -0.4 is 5.32 Å². The second-order valence-electron chi connectivity index (χ2n) is 5.78. The van der Waals surface area contributed by atoms with Gasteiger partial charge in [0, 0.05) is 0 Å². The van der Waals surface area contributed by atoms with E-state index >= 15 is 0 Å². The average molecular weight is 323 g/mol. The zero-order valence-corrected chi connectivity index (χ0v) is 13.2. The molecule has 1 atom stereocenters. The molecule has 0 aromatic heterocycles. The predicted octanol–water partition coefficient (Wildman–Crippen LogP) is 3.59. The molecule has 1 aromatic rings. The van der Waals surface area contributed by atoms with E-state index in [1.54, 1.807) is 0 Å². The van der Waals surface area contributed by atoms with E-state index in [-0.39, 0.29) is 17.4 Å². The van der Waals surface area contributed by atoms with Crippen LogP contribution in [0.25, 0.3) is 0 Å². The Morgan fingerprint density at radius 1 is 1.35 bits per heavy atom. The number of anilines is 1. The molecular formula is C17H22FNO4. The van der Waals surface area contributed by atoms with Crippen molar-refractivity contribution in [2.75, 3.05) is 5.32 Å². The molecule has 0 saturated heterocycles. The number of amides is 1. The maximum absolute atomic E-state index is 13.8. The van der Waals surface area contributed by atoms with E-state index in [9.17, 15) is 14.0 Å². The zero-order chi connectivity index (χ0) is 16.8. The van der Waals surface area contributed by atoms with Gasteiger partial charge in [-0.25, -0.2) is 9.18 Å². The molecule has 0 radical (unpaired) electrons. The number of ether oxygens (including phenoxy) is 1.